The molecule has 0 saturated heterocycles. The van der Waals surface area contributed by atoms with Crippen LogP contribution in [0.4, 0.5) is 18.0 Å². The summed E-state index contributed by atoms with van der Waals surface area (Å²) in [5.41, 5.74) is 3.83. The molecule has 0 radical (unpaired) electrons. The van der Waals surface area contributed by atoms with Gasteiger partial charge in [-0.15, -0.1) is 0 Å². The van der Waals surface area contributed by atoms with E-state index in [1.54, 1.807) is 0 Å². The van der Waals surface area contributed by atoms with Crippen molar-refractivity contribution in [3.8, 4) is 11.1 Å². The molecule has 0 bridgehead atoms. The SMILES string of the molecule is O=C(NC(CC(F)(F)F)C(=O)NC(CC1CC1)C(=O)O)OCC1c2ccccc2-c2ccccc21. The number of carbonyl (C=O) groups is 3. The van der Waals surface area contributed by atoms with Gasteiger partial charge in [-0.2, -0.15) is 13.2 Å². The second-order valence-electron chi connectivity index (χ2n) is 8.92. The summed E-state index contributed by atoms with van der Waals surface area (Å²) in [6, 6.07) is 11.8. The molecule has 2 aliphatic rings. The predicted molar refractivity (Wildman–Crippen MR) is 120 cm³/mol. The molecule has 4 rings (SSSR count). The number of rotatable bonds is 9. The molecule has 35 heavy (non-hydrogen) atoms. The van der Waals surface area contributed by atoms with Gasteiger partial charge < -0.3 is 20.5 Å². The number of aliphatic carboxylic acids is 1. The third kappa shape index (κ3) is 6.12. The Morgan fingerprint density at radius 3 is 2.03 bits per heavy atom. The molecule has 0 heterocycles. The van der Waals surface area contributed by atoms with Crippen molar-refractivity contribution >= 4 is 18.0 Å². The third-order valence-electron chi connectivity index (χ3n) is 6.27. The largest absolute Gasteiger partial charge is 0.480 e. The van der Waals surface area contributed by atoms with Gasteiger partial charge in [0.1, 0.15) is 18.7 Å². The first kappa shape index (κ1) is 24.6. The van der Waals surface area contributed by atoms with Gasteiger partial charge in [0, 0.05) is 5.92 Å². The number of ether oxygens (including phenoxy) is 1. The second kappa shape index (κ2) is 9.97. The van der Waals surface area contributed by atoms with E-state index >= 15 is 0 Å². The number of carbonyl (C=O) groups excluding carboxylic acids is 2. The minimum atomic E-state index is -4.77. The van der Waals surface area contributed by atoms with Crippen molar-refractivity contribution in [3.63, 3.8) is 0 Å². The Bertz CT molecular complexity index is 1070. The monoisotopic (exact) mass is 490 g/mol. The Hall–Kier alpha value is -3.56. The fourth-order valence-electron chi connectivity index (χ4n) is 4.40. The summed E-state index contributed by atoms with van der Waals surface area (Å²) in [5.74, 6) is -2.74. The molecule has 2 aromatic carbocycles. The maximum atomic E-state index is 13.1. The lowest BCUT2D eigenvalue weighted by atomic mass is 9.98. The van der Waals surface area contributed by atoms with Gasteiger partial charge in [0.25, 0.3) is 0 Å². The number of benzene rings is 2. The lowest BCUT2D eigenvalue weighted by Crippen LogP contribution is -2.53. The maximum Gasteiger partial charge on any atom is 0.407 e. The molecule has 2 amide bonds. The van der Waals surface area contributed by atoms with Crippen LogP contribution in [0.5, 0.6) is 0 Å². The average Bonchev–Trinajstić information content (AvgIpc) is 3.56. The number of carboxylic acid groups (broad SMARTS) is 1. The average molecular weight is 490 g/mol. The Kier molecular flexibility index (Phi) is 7.00. The molecule has 2 aromatic rings. The molecule has 0 spiro atoms. The summed E-state index contributed by atoms with van der Waals surface area (Å²) in [5, 5.41) is 13.4. The minimum absolute atomic E-state index is 0.118. The molecular weight excluding hydrogens is 465 g/mol. The number of carboxylic acids is 1. The van der Waals surface area contributed by atoms with E-state index in [1.165, 1.54) is 0 Å². The molecule has 1 fully saturated rings. The first-order valence-corrected chi connectivity index (χ1v) is 11.3. The number of hydrogen-bond acceptors (Lipinski definition) is 4. The fraction of sp³-hybridized carbons (Fsp3) is 0.400. The van der Waals surface area contributed by atoms with Crippen molar-refractivity contribution in [2.75, 3.05) is 6.61 Å². The van der Waals surface area contributed by atoms with Gasteiger partial charge in [-0.05, 0) is 34.6 Å². The molecule has 1 saturated carbocycles. The highest BCUT2D eigenvalue weighted by Gasteiger charge is 2.39. The van der Waals surface area contributed by atoms with E-state index in [1.807, 2.05) is 53.8 Å². The van der Waals surface area contributed by atoms with Gasteiger partial charge in [0.05, 0.1) is 6.42 Å². The molecule has 2 aliphatic carbocycles. The zero-order chi connectivity index (χ0) is 25.2. The van der Waals surface area contributed by atoms with Crippen molar-refractivity contribution in [2.45, 2.75) is 49.9 Å². The Balaban J connectivity index is 1.42. The minimum Gasteiger partial charge on any atom is -0.480 e. The number of amides is 2. The van der Waals surface area contributed by atoms with E-state index in [2.05, 4.69) is 5.32 Å². The van der Waals surface area contributed by atoms with Crippen molar-refractivity contribution in [1.82, 2.24) is 10.6 Å². The van der Waals surface area contributed by atoms with Gasteiger partial charge in [0.2, 0.25) is 5.91 Å². The smallest absolute Gasteiger partial charge is 0.407 e. The van der Waals surface area contributed by atoms with Crippen LogP contribution in [0.2, 0.25) is 0 Å². The van der Waals surface area contributed by atoms with Crippen LogP contribution >= 0.6 is 0 Å². The topological polar surface area (TPSA) is 105 Å². The van der Waals surface area contributed by atoms with Gasteiger partial charge in [-0.1, -0.05) is 61.4 Å². The van der Waals surface area contributed by atoms with Crippen LogP contribution < -0.4 is 10.6 Å². The summed E-state index contributed by atoms with van der Waals surface area (Å²) in [6.45, 7) is -0.139. The molecule has 2 unspecified atom stereocenters. The highest BCUT2D eigenvalue weighted by atomic mass is 19.4. The van der Waals surface area contributed by atoms with E-state index < -0.39 is 42.7 Å². The Labute approximate surface area is 199 Å². The molecule has 0 aliphatic heterocycles. The molecule has 2 atom stereocenters. The Morgan fingerprint density at radius 2 is 1.51 bits per heavy atom. The number of alkyl carbamates (subject to hydrolysis) is 1. The van der Waals surface area contributed by atoms with Crippen LogP contribution in [-0.4, -0.2) is 47.9 Å². The van der Waals surface area contributed by atoms with Gasteiger partial charge in [-0.3, -0.25) is 4.79 Å². The molecular formula is C25H25F3N2O5. The van der Waals surface area contributed by atoms with Gasteiger partial charge in [0.15, 0.2) is 0 Å². The van der Waals surface area contributed by atoms with Crippen molar-refractivity contribution in [2.24, 2.45) is 5.92 Å². The first-order valence-electron chi connectivity index (χ1n) is 11.3. The summed E-state index contributed by atoms with van der Waals surface area (Å²) >= 11 is 0. The van der Waals surface area contributed by atoms with Crippen LogP contribution in [-0.2, 0) is 14.3 Å². The molecule has 3 N–H and O–H groups in total. The number of nitrogens with one attached hydrogen (secondary N) is 2. The van der Waals surface area contributed by atoms with E-state index in [9.17, 15) is 32.7 Å². The standard InChI is InChI=1S/C25H25F3N2O5/c26-25(27,28)12-21(22(31)29-20(23(32)33)11-14-9-10-14)30-24(34)35-13-19-17-7-3-1-5-15(17)16-6-2-4-8-18(16)19/h1-8,14,19-21H,9-13H2,(H,29,31)(H,30,34)(H,32,33). The number of alkyl halides is 3. The zero-order valence-electron chi connectivity index (χ0n) is 18.7. The van der Waals surface area contributed by atoms with Crippen LogP contribution in [0.1, 0.15) is 42.7 Å². The fourth-order valence-corrected chi connectivity index (χ4v) is 4.40. The maximum absolute atomic E-state index is 13.1. The van der Waals surface area contributed by atoms with Crippen LogP contribution in [0.15, 0.2) is 48.5 Å². The number of halogens is 3. The second-order valence-corrected chi connectivity index (χ2v) is 8.92. The van der Waals surface area contributed by atoms with E-state index in [-0.39, 0.29) is 24.9 Å². The van der Waals surface area contributed by atoms with Crippen molar-refractivity contribution in [1.29, 1.82) is 0 Å². The Morgan fingerprint density at radius 1 is 0.943 bits per heavy atom. The molecule has 0 aromatic heterocycles. The molecule has 186 valence electrons. The van der Waals surface area contributed by atoms with E-state index in [0.29, 0.717) is 0 Å². The van der Waals surface area contributed by atoms with Crippen LogP contribution in [0.25, 0.3) is 11.1 Å². The summed E-state index contributed by atoms with van der Waals surface area (Å²) in [6.07, 6.45) is -5.87. The molecule has 10 heteroatoms. The normalized spacial score (nSPS) is 16.5. The van der Waals surface area contributed by atoms with Crippen LogP contribution in [0.3, 0.4) is 0 Å². The van der Waals surface area contributed by atoms with Crippen molar-refractivity contribution in [3.05, 3.63) is 59.7 Å². The summed E-state index contributed by atoms with van der Waals surface area (Å²) < 4.78 is 44.6. The van der Waals surface area contributed by atoms with Crippen LogP contribution in [0, 0.1) is 5.92 Å². The first-order chi connectivity index (χ1) is 16.6. The van der Waals surface area contributed by atoms with E-state index in [0.717, 1.165) is 35.1 Å². The lowest BCUT2D eigenvalue weighted by Gasteiger charge is -2.22. The van der Waals surface area contributed by atoms with Gasteiger partial charge in [-0.25, -0.2) is 9.59 Å². The highest BCUT2D eigenvalue weighted by molar-refractivity contribution is 5.89. The number of fused-ring (bicyclic) bond motifs is 3. The van der Waals surface area contributed by atoms with Gasteiger partial charge >= 0.3 is 18.2 Å². The molecule has 7 nitrogen and oxygen atoms in total. The zero-order valence-corrected chi connectivity index (χ0v) is 18.7. The summed E-state index contributed by atoms with van der Waals surface area (Å²) in [4.78, 5) is 36.4. The predicted octanol–water partition coefficient (Wildman–Crippen LogP) is 4.22. The third-order valence-corrected chi connectivity index (χ3v) is 6.27. The summed E-state index contributed by atoms with van der Waals surface area (Å²) in [7, 11) is 0. The lowest BCUT2D eigenvalue weighted by molar-refractivity contribution is -0.150. The van der Waals surface area contributed by atoms with E-state index in [4.69, 9.17) is 4.74 Å². The highest BCUT2D eigenvalue weighted by Crippen LogP contribution is 2.44. The quantitative estimate of drug-likeness (QED) is 0.488. The number of hydrogen-bond donors (Lipinski definition) is 3. The van der Waals surface area contributed by atoms with Crippen molar-refractivity contribution < 1.29 is 37.4 Å².